The maximum atomic E-state index is 13.4. The second kappa shape index (κ2) is 8.62. The lowest BCUT2D eigenvalue weighted by molar-refractivity contribution is -0.136. The van der Waals surface area contributed by atoms with E-state index >= 15 is 0 Å². The van der Waals surface area contributed by atoms with Crippen LogP contribution in [0.25, 0.3) is 11.5 Å². The van der Waals surface area contributed by atoms with Crippen molar-refractivity contribution in [2.24, 2.45) is 5.92 Å². The minimum atomic E-state index is -0.606. The van der Waals surface area contributed by atoms with Crippen molar-refractivity contribution >= 4 is 17.5 Å². The summed E-state index contributed by atoms with van der Waals surface area (Å²) in [6, 6.07) is 12.4. The fourth-order valence-corrected chi connectivity index (χ4v) is 4.59. The van der Waals surface area contributed by atoms with E-state index < -0.39 is 12.0 Å². The molecule has 1 amide bonds. The topological polar surface area (TPSA) is 81.8 Å². The molecule has 0 saturated carbocycles. The average Bonchev–Trinajstić information content (AvgIpc) is 3.37. The fourth-order valence-electron chi connectivity index (χ4n) is 4.37. The largest absolute Gasteiger partial charge is 0.441 e. The molecule has 3 atom stereocenters. The van der Waals surface area contributed by atoms with Crippen LogP contribution >= 0.6 is 11.6 Å². The Labute approximate surface area is 195 Å². The number of hydrazine groups is 1. The number of fused-ring (bicyclic) bond motifs is 1. The lowest BCUT2D eigenvalue weighted by Crippen LogP contribution is -2.50. The number of aromatic nitrogens is 1. The molecule has 33 heavy (non-hydrogen) atoms. The second-order valence-electron chi connectivity index (χ2n) is 8.12. The van der Waals surface area contributed by atoms with E-state index in [-0.39, 0.29) is 30.9 Å². The van der Waals surface area contributed by atoms with Gasteiger partial charge in [0.25, 0.3) is 5.91 Å². The number of hydrogen-bond acceptors (Lipinski definition) is 6. The number of halogens is 2. The summed E-state index contributed by atoms with van der Waals surface area (Å²) in [6.07, 6.45) is 3.44. The van der Waals surface area contributed by atoms with Gasteiger partial charge in [0.1, 0.15) is 23.3 Å². The number of rotatable bonds is 5. The lowest BCUT2D eigenvalue weighted by atomic mass is 9.89. The van der Waals surface area contributed by atoms with E-state index in [9.17, 15) is 14.3 Å². The van der Waals surface area contributed by atoms with Gasteiger partial charge in [-0.25, -0.2) is 14.8 Å². The molecule has 7 nitrogen and oxygen atoms in total. The number of aryl methyl sites for hydroxylation is 1. The molecule has 3 heterocycles. The quantitative estimate of drug-likeness (QED) is 0.593. The van der Waals surface area contributed by atoms with Crippen LogP contribution in [0.2, 0.25) is 5.02 Å². The SMILES string of the molecule is Cc1oc(-c2ccccc2Cl)nc1CN1C=CN2NC(c3ccc(F)cc3)C(CO)C2C1=O. The van der Waals surface area contributed by atoms with Crippen LogP contribution < -0.4 is 5.43 Å². The zero-order valence-corrected chi connectivity index (χ0v) is 18.5. The van der Waals surface area contributed by atoms with Gasteiger partial charge in [-0.15, -0.1) is 0 Å². The van der Waals surface area contributed by atoms with Crippen molar-refractivity contribution in [2.75, 3.05) is 6.61 Å². The molecular weight excluding hydrogens is 447 g/mol. The van der Waals surface area contributed by atoms with Gasteiger partial charge in [-0.2, -0.15) is 0 Å². The molecule has 1 fully saturated rings. The smallest absolute Gasteiger partial charge is 0.251 e. The lowest BCUT2D eigenvalue weighted by Gasteiger charge is -2.33. The molecule has 2 aromatic carbocycles. The number of oxazole rings is 1. The van der Waals surface area contributed by atoms with Gasteiger partial charge in [0.15, 0.2) is 0 Å². The Balaban J connectivity index is 1.38. The zero-order valence-electron chi connectivity index (χ0n) is 17.8. The highest BCUT2D eigenvalue weighted by Gasteiger charge is 2.47. The molecule has 170 valence electrons. The van der Waals surface area contributed by atoms with Crippen LogP contribution in [0.3, 0.4) is 0 Å². The highest BCUT2D eigenvalue weighted by Crippen LogP contribution is 2.37. The van der Waals surface area contributed by atoms with Crippen LogP contribution in [0.5, 0.6) is 0 Å². The number of aliphatic hydroxyl groups is 1. The van der Waals surface area contributed by atoms with Gasteiger partial charge in [0, 0.05) is 18.3 Å². The first-order valence-electron chi connectivity index (χ1n) is 10.6. The van der Waals surface area contributed by atoms with Crippen LogP contribution in [0, 0.1) is 18.7 Å². The van der Waals surface area contributed by atoms with Crippen LogP contribution in [0.4, 0.5) is 4.39 Å². The first-order chi connectivity index (χ1) is 16.0. The Morgan fingerprint density at radius 3 is 2.67 bits per heavy atom. The van der Waals surface area contributed by atoms with E-state index in [4.69, 9.17) is 16.0 Å². The molecule has 2 aliphatic heterocycles. The van der Waals surface area contributed by atoms with E-state index in [2.05, 4.69) is 10.4 Å². The second-order valence-corrected chi connectivity index (χ2v) is 8.53. The summed E-state index contributed by atoms with van der Waals surface area (Å²) in [7, 11) is 0. The Hall–Kier alpha value is -3.20. The number of benzene rings is 2. The molecule has 0 aliphatic carbocycles. The molecule has 3 unspecified atom stereocenters. The first-order valence-corrected chi connectivity index (χ1v) is 10.9. The Kier molecular flexibility index (Phi) is 5.65. The summed E-state index contributed by atoms with van der Waals surface area (Å²) in [4.78, 5) is 19.5. The minimum absolute atomic E-state index is 0.171. The fraction of sp³-hybridized carbons (Fsp3) is 0.250. The normalized spacial score (nSPS) is 22.2. The molecule has 2 N–H and O–H groups in total. The van der Waals surface area contributed by atoms with E-state index in [1.165, 1.54) is 12.1 Å². The summed E-state index contributed by atoms with van der Waals surface area (Å²) < 4.78 is 19.2. The van der Waals surface area contributed by atoms with Gasteiger partial charge in [0.2, 0.25) is 5.89 Å². The number of amides is 1. The summed E-state index contributed by atoms with van der Waals surface area (Å²) in [5.41, 5.74) is 5.36. The number of hydrogen-bond donors (Lipinski definition) is 2. The van der Waals surface area contributed by atoms with E-state index in [0.717, 1.165) is 5.56 Å². The maximum Gasteiger partial charge on any atom is 0.251 e. The van der Waals surface area contributed by atoms with E-state index in [1.807, 2.05) is 18.2 Å². The molecular formula is C24H22ClFN4O3. The summed E-state index contributed by atoms with van der Waals surface area (Å²) in [6.45, 7) is 1.81. The highest BCUT2D eigenvalue weighted by atomic mass is 35.5. The van der Waals surface area contributed by atoms with Crippen molar-refractivity contribution in [1.29, 1.82) is 0 Å². The van der Waals surface area contributed by atoms with Gasteiger partial charge in [-0.1, -0.05) is 35.9 Å². The number of nitrogens with zero attached hydrogens (tertiary/aromatic N) is 3. The standard InChI is InChI=1S/C24H22ClFN4O3/c1-14-20(27-23(33-14)17-4-2-3-5-19(17)25)12-29-10-11-30-22(24(29)32)18(13-31)21(28-30)15-6-8-16(26)9-7-15/h2-11,18,21-22,28,31H,12-13H2,1H3. The molecule has 0 spiro atoms. The third-order valence-electron chi connectivity index (χ3n) is 6.12. The first kappa shape index (κ1) is 21.6. The van der Waals surface area contributed by atoms with Crippen LogP contribution in [-0.2, 0) is 11.3 Å². The van der Waals surface area contributed by atoms with Gasteiger partial charge in [0.05, 0.1) is 29.8 Å². The Morgan fingerprint density at radius 2 is 1.94 bits per heavy atom. The van der Waals surface area contributed by atoms with Crippen molar-refractivity contribution < 1.29 is 18.7 Å². The van der Waals surface area contributed by atoms with Crippen LogP contribution in [-0.4, -0.2) is 38.6 Å². The molecule has 3 aromatic rings. The molecule has 9 heteroatoms. The van der Waals surface area contributed by atoms with Crippen molar-refractivity contribution in [2.45, 2.75) is 25.6 Å². The summed E-state index contributed by atoms with van der Waals surface area (Å²) >= 11 is 6.27. The monoisotopic (exact) mass is 468 g/mol. The van der Waals surface area contributed by atoms with E-state index in [0.29, 0.717) is 27.9 Å². The number of carbonyl (C=O) groups excluding carboxylic acids is 1. The van der Waals surface area contributed by atoms with Gasteiger partial charge in [-0.3, -0.25) is 4.79 Å². The minimum Gasteiger partial charge on any atom is -0.441 e. The summed E-state index contributed by atoms with van der Waals surface area (Å²) in [5, 5.41) is 12.3. The number of aliphatic hydroxyl groups excluding tert-OH is 1. The maximum absolute atomic E-state index is 13.4. The molecule has 0 bridgehead atoms. The van der Waals surface area contributed by atoms with Crippen molar-refractivity contribution in [3.05, 3.63) is 88.8 Å². The molecule has 0 radical (unpaired) electrons. The third-order valence-corrected chi connectivity index (χ3v) is 6.45. The molecule has 1 aromatic heterocycles. The van der Waals surface area contributed by atoms with Gasteiger partial charge >= 0.3 is 0 Å². The zero-order chi connectivity index (χ0) is 23.1. The summed E-state index contributed by atoms with van der Waals surface area (Å²) in [5.74, 6) is 0.0791. The molecule has 2 aliphatic rings. The van der Waals surface area contributed by atoms with E-state index in [1.54, 1.807) is 47.4 Å². The Morgan fingerprint density at radius 1 is 1.18 bits per heavy atom. The van der Waals surface area contributed by atoms with Crippen molar-refractivity contribution in [3.63, 3.8) is 0 Å². The number of nitrogens with one attached hydrogen (secondary N) is 1. The molecule has 5 rings (SSSR count). The number of carbonyl (C=O) groups is 1. The average molecular weight is 469 g/mol. The van der Waals surface area contributed by atoms with Crippen molar-refractivity contribution in [3.8, 4) is 11.5 Å². The Bertz CT molecular complexity index is 1210. The van der Waals surface area contributed by atoms with Gasteiger partial charge < -0.3 is 19.4 Å². The van der Waals surface area contributed by atoms with Crippen molar-refractivity contribution in [1.82, 2.24) is 20.3 Å². The molecule has 1 saturated heterocycles. The van der Waals surface area contributed by atoms with Gasteiger partial charge in [-0.05, 0) is 36.8 Å². The third kappa shape index (κ3) is 3.90. The van der Waals surface area contributed by atoms with Crippen LogP contribution in [0.1, 0.15) is 23.1 Å². The predicted molar refractivity (Wildman–Crippen MR) is 120 cm³/mol. The van der Waals surface area contributed by atoms with Crippen LogP contribution in [0.15, 0.2) is 65.3 Å². The highest BCUT2D eigenvalue weighted by molar-refractivity contribution is 6.33. The predicted octanol–water partition coefficient (Wildman–Crippen LogP) is 3.79.